The molecular formula is C19H13BrF6N6O2. The van der Waals surface area contributed by atoms with Crippen molar-refractivity contribution in [1.29, 1.82) is 0 Å². The average Bonchev–Trinajstić information content (AvgIpc) is 2.74. The summed E-state index contributed by atoms with van der Waals surface area (Å²) < 4.78 is 83.6. The van der Waals surface area contributed by atoms with Crippen LogP contribution in [0.2, 0.25) is 0 Å². The summed E-state index contributed by atoms with van der Waals surface area (Å²) in [5.74, 6) is -1.08. The summed E-state index contributed by atoms with van der Waals surface area (Å²) in [5, 5.41) is 10.3. The zero-order chi connectivity index (χ0) is 24.8. The van der Waals surface area contributed by atoms with Gasteiger partial charge in [-0.1, -0.05) is 28.1 Å². The highest BCUT2D eigenvalue weighted by molar-refractivity contribution is 9.10. The molecule has 0 bridgehead atoms. The Bertz CT molecular complexity index is 1120. The van der Waals surface area contributed by atoms with Crippen molar-refractivity contribution in [2.45, 2.75) is 19.1 Å². The van der Waals surface area contributed by atoms with Gasteiger partial charge >= 0.3 is 18.5 Å². The lowest BCUT2D eigenvalue weighted by atomic mass is 10.2. The van der Waals surface area contributed by atoms with Crippen LogP contribution in [0.25, 0.3) is 0 Å². The second kappa shape index (κ2) is 10.6. The van der Waals surface area contributed by atoms with Gasteiger partial charge in [0.25, 0.3) is 5.95 Å². The summed E-state index contributed by atoms with van der Waals surface area (Å²) in [4.78, 5) is 11.3. The summed E-state index contributed by atoms with van der Waals surface area (Å²) in [6.45, 7) is -1.52. The number of aromatic nitrogens is 3. The van der Waals surface area contributed by atoms with E-state index in [1.54, 1.807) is 24.3 Å². The lowest BCUT2D eigenvalue weighted by molar-refractivity contribution is -0.274. The van der Waals surface area contributed by atoms with E-state index < -0.39 is 30.9 Å². The van der Waals surface area contributed by atoms with Crippen LogP contribution in [-0.2, 0) is 6.54 Å². The fourth-order valence-corrected chi connectivity index (χ4v) is 2.56. The van der Waals surface area contributed by atoms with E-state index in [0.717, 1.165) is 22.2 Å². The number of halogens is 7. The van der Waals surface area contributed by atoms with Crippen LogP contribution in [-0.4, -0.2) is 34.1 Å². The van der Waals surface area contributed by atoms with Gasteiger partial charge in [0.05, 0.1) is 6.54 Å². The van der Waals surface area contributed by atoms with Crippen molar-refractivity contribution in [2.24, 2.45) is 10.2 Å². The molecule has 1 aromatic heterocycles. The van der Waals surface area contributed by atoms with Crippen LogP contribution in [0, 0.1) is 0 Å². The highest BCUT2D eigenvalue weighted by Crippen LogP contribution is 2.26. The molecule has 8 nitrogen and oxygen atoms in total. The number of azo groups is 1. The third-order valence-electron chi connectivity index (χ3n) is 3.64. The molecule has 0 radical (unpaired) electrons. The average molecular weight is 551 g/mol. The van der Waals surface area contributed by atoms with E-state index in [1.807, 2.05) is 0 Å². The van der Waals surface area contributed by atoms with Crippen molar-refractivity contribution < 1.29 is 35.8 Å². The molecule has 0 aliphatic heterocycles. The number of rotatable bonds is 8. The molecule has 0 atom stereocenters. The molecule has 2 aromatic carbocycles. The van der Waals surface area contributed by atoms with Crippen molar-refractivity contribution in [3.8, 4) is 11.8 Å². The number of benzene rings is 2. The predicted octanol–water partition coefficient (Wildman–Crippen LogP) is 6.50. The zero-order valence-corrected chi connectivity index (χ0v) is 18.3. The molecule has 180 valence electrons. The number of nitrogens with zero attached hydrogens (tertiary/aromatic N) is 5. The SMILES string of the molecule is FC(F)(F)COc1nc(N=NCc2ccc(Br)cc2)nc(Nc2ccc(OC(F)(F)F)cc2)n1. The van der Waals surface area contributed by atoms with E-state index in [9.17, 15) is 26.3 Å². The second-order valence-electron chi connectivity index (χ2n) is 6.37. The second-order valence-corrected chi connectivity index (χ2v) is 7.28. The summed E-state index contributed by atoms with van der Waals surface area (Å²) >= 11 is 3.30. The number of ether oxygens (including phenoxy) is 2. The van der Waals surface area contributed by atoms with E-state index in [4.69, 9.17) is 0 Å². The Morgan fingerprint density at radius 1 is 0.882 bits per heavy atom. The fourth-order valence-electron chi connectivity index (χ4n) is 2.30. The van der Waals surface area contributed by atoms with Gasteiger partial charge in [-0.3, -0.25) is 0 Å². The van der Waals surface area contributed by atoms with Gasteiger partial charge < -0.3 is 14.8 Å². The topological polar surface area (TPSA) is 93.9 Å². The summed E-state index contributed by atoms with van der Waals surface area (Å²) in [6, 6.07) is 11.0. The minimum atomic E-state index is -4.86. The predicted molar refractivity (Wildman–Crippen MR) is 110 cm³/mol. The number of nitrogens with one attached hydrogen (secondary N) is 1. The van der Waals surface area contributed by atoms with E-state index in [2.05, 4.69) is 55.9 Å². The minimum Gasteiger partial charge on any atom is -0.454 e. The lowest BCUT2D eigenvalue weighted by Gasteiger charge is -2.11. The van der Waals surface area contributed by atoms with Gasteiger partial charge in [-0.25, -0.2) is 0 Å². The smallest absolute Gasteiger partial charge is 0.454 e. The Labute approximate surface area is 196 Å². The van der Waals surface area contributed by atoms with E-state index >= 15 is 0 Å². The van der Waals surface area contributed by atoms with Crippen molar-refractivity contribution >= 4 is 33.5 Å². The Balaban J connectivity index is 1.77. The quantitative estimate of drug-likeness (QED) is 0.254. The first-order valence-electron chi connectivity index (χ1n) is 9.16. The minimum absolute atomic E-state index is 0.140. The first-order chi connectivity index (χ1) is 15.9. The van der Waals surface area contributed by atoms with Crippen LogP contribution >= 0.6 is 15.9 Å². The van der Waals surface area contributed by atoms with Crippen molar-refractivity contribution in [3.05, 3.63) is 58.6 Å². The highest BCUT2D eigenvalue weighted by atomic mass is 79.9. The van der Waals surface area contributed by atoms with Crippen molar-refractivity contribution in [1.82, 2.24) is 15.0 Å². The fraction of sp³-hybridized carbons (Fsp3) is 0.211. The number of hydrogen-bond donors (Lipinski definition) is 1. The van der Waals surface area contributed by atoms with Gasteiger partial charge in [-0.2, -0.15) is 33.2 Å². The normalized spacial score (nSPS) is 12.1. The molecule has 3 rings (SSSR count). The molecule has 15 heteroatoms. The maximum Gasteiger partial charge on any atom is 0.573 e. The van der Waals surface area contributed by atoms with Crippen molar-refractivity contribution in [3.63, 3.8) is 0 Å². The molecule has 0 amide bonds. The van der Waals surface area contributed by atoms with Crippen LogP contribution in [0.5, 0.6) is 11.8 Å². The molecule has 0 aliphatic carbocycles. The van der Waals surface area contributed by atoms with Crippen LogP contribution in [0.4, 0.5) is 43.9 Å². The maximum atomic E-state index is 12.5. The first kappa shape index (κ1) is 25.1. The third kappa shape index (κ3) is 8.80. The highest BCUT2D eigenvalue weighted by Gasteiger charge is 2.31. The van der Waals surface area contributed by atoms with Crippen LogP contribution in [0.3, 0.4) is 0 Å². The van der Waals surface area contributed by atoms with Crippen LogP contribution in [0.1, 0.15) is 5.56 Å². The molecule has 0 saturated heterocycles. The van der Waals surface area contributed by atoms with Gasteiger partial charge in [-0.15, -0.1) is 18.3 Å². The molecule has 1 heterocycles. The Hall–Kier alpha value is -3.49. The maximum absolute atomic E-state index is 12.5. The van der Waals surface area contributed by atoms with Gasteiger partial charge in [0.1, 0.15) is 5.75 Å². The van der Waals surface area contributed by atoms with Crippen LogP contribution in [0.15, 0.2) is 63.2 Å². The Morgan fingerprint density at radius 3 is 2.18 bits per heavy atom. The van der Waals surface area contributed by atoms with Crippen molar-refractivity contribution in [2.75, 3.05) is 11.9 Å². The lowest BCUT2D eigenvalue weighted by Crippen LogP contribution is -2.20. The van der Waals surface area contributed by atoms with Gasteiger partial charge in [0, 0.05) is 10.2 Å². The third-order valence-corrected chi connectivity index (χ3v) is 4.17. The molecule has 0 aliphatic rings. The molecule has 0 unspecified atom stereocenters. The molecule has 0 spiro atoms. The molecule has 1 N–H and O–H groups in total. The molecule has 34 heavy (non-hydrogen) atoms. The summed E-state index contributed by atoms with van der Waals surface area (Å²) in [7, 11) is 0. The largest absolute Gasteiger partial charge is 0.573 e. The van der Waals surface area contributed by atoms with Crippen LogP contribution < -0.4 is 14.8 Å². The summed E-state index contributed by atoms with van der Waals surface area (Å²) in [5.41, 5.74) is 1.01. The van der Waals surface area contributed by atoms with Gasteiger partial charge in [0.15, 0.2) is 6.61 Å². The first-order valence-corrected chi connectivity index (χ1v) is 9.95. The van der Waals surface area contributed by atoms with Gasteiger partial charge in [-0.05, 0) is 42.0 Å². The molecular weight excluding hydrogens is 538 g/mol. The molecule has 0 fully saturated rings. The van der Waals surface area contributed by atoms with E-state index in [0.29, 0.717) is 0 Å². The Kier molecular flexibility index (Phi) is 7.86. The number of hydrogen-bond acceptors (Lipinski definition) is 8. The monoisotopic (exact) mass is 550 g/mol. The molecule has 3 aromatic rings. The number of anilines is 2. The Morgan fingerprint density at radius 2 is 1.56 bits per heavy atom. The van der Waals surface area contributed by atoms with E-state index in [-0.39, 0.29) is 24.1 Å². The summed E-state index contributed by atoms with van der Waals surface area (Å²) in [6.07, 6.45) is -9.50. The molecule has 0 saturated carbocycles. The van der Waals surface area contributed by atoms with E-state index in [1.165, 1.54) is 12.1 Å². The standard InChI is InChI=1S/C19H13BrF6N6O2/c20-12-3-1-11(2-4-12)9-27-32-16-29-15(30-17(31-16)33-10-18(21,22)23)28-13-5-7-14(8-6-13)34-19(24,25)26/h1-8H,9-10H2,(H,28,29,30,31). The number of alkyl halides is 6. The zero-order valence-electron chi connectivity index (χ0n) is 16.7. The van der Waals surface area contributed by atoms with Gasteiger partial charge in [0.2, 0.25) is 5.95 Å².